The van der Waals surface area contributed by atoms with E-state index in [9.17, 15) is 0 Å². The summed E-state index contributed by atoms with van der Waals surface area (Å²) in [5, 5.41) is 2.76. The molecule has 2 aromatic rings. The SMILES string of the molecule is C/C=c1\c(=C/C)sc2ccccc12. The number of thiophene rings is 1. The van der Waals surface area contributed by atoms with Gasteiger partial charge in [0, 0.05) is 9.23 Å². The Hall–Kier alpha value is -1.08. The lowest BCUT2D eigenvalue weighted by molar-refractivity contribution is 1.69. The minimum absolute atomic E-state index is 1.38. The van der Waals surface area contributed by atoms with E-state index in [2.05, 4.69) is 50.3 Å². The summed E-state index contributed by atoms with van der Waals surface area (Å²) in [6, 6.07) is 8.56. The molecule has 0 aliphatic heterocycles. The third-order valence-corrected chi connectivity index (χ3v) is 3.46. The number of fused-ring (bicyclic) bond motifs is 1. The minimum atomic E-state index is 1.38. The van der Waals surface area contributed by atoms with Crippen LogP contribution >= 0.6 is 11.3 Å². The number of hydrogen-bond donors (Lipinski definition) is 0. The van der Waals surface area contributed by atoms with Gasteiger partial charge < -0.3 is 0 Å². The summed E-state index contributed by atoms with van der Waals surface area (Å²) in [6.45, 7) is 4.19. The molecule has 0 saturated heterocycles. The topological polar surface area (TPSA) is 0 Å². The average Bonchev–Trinajstić information content (AvgIpc) is 2.55. The summed E-state index contributed by atoms with van der Waals surface area (Å²) in [4.78, 5) is 0. The molecule has 2 rings (SSSR count). The van der Waals surface area contributed by atoms with Gasteiger partial charge in [-0.1, -0.05) is 30.4 Å². The van der Waals surface area contributed by atoms with Gasteiger partial charge in [0.1, 0.15) is 0 Å². The van der Waals surface area contributed by atoms with Crippen molar-refractivity contribution in [1.82, 2.24) is 0 Å². The molecule has 0 amide bonds. The van der Waals surface area contributed by atoms with Crippen molar-refractivity contribution in [1.29, 1.82) is 0 Å². The molecule has 13 heavy (non-hydrogen) atoms. The molecule has 0 atom stereocenters. The Morgan fingerprint density at radius 3 is 2.54 bits per heavy atom. The summed E-state index contributed by atoms with van der Waals surface area (Å²) >= 11 is 1.86. The average molecular weight is 188 g/mol. The lowest BCUT2D eigenvalue weighted by atomic mass is 10.2. The molecule has 0 bridgehead atoms. The van der Waals surface area contributed by atoms with Crippen LogP contribution in [0.4, 0.5) is 0 Å². The van der Waals surface area contributed by atoms with Gasteiger partial charge in [0.25, 0.3) is 0 Å². The Balaban J connectivity index is 3.08. The standard InChI is InChI=1S/C12H12S/c1-3-9-10-7-5-6-8-12(10)13-11(9)4-2/h3-8H,1-2H3/b9-3-,11-4+. The number of rotatable bonds is 0. The minimum Gasteiger partial charge on any atom is -0.136 e. The molecule has 1 heteroatoms. The summed E-state index contributed by atoms with van der Waals surface area (Å²) in [5.74, 6) is 0. The van der Waals surface area contributed by atoms with Crippen molar-refractivity contribution in [2.45, 2.75) is 13.8 Å². The van der Waals surface area contributed by atoms with Gasteiger partial charge in [0.2, 0.25) is 0 Å². The van der Waals surface area contributed by atoms with Crippen LogP contribution in [-0.4, -0.2) is 0 Å². The van der Waals surface area contributed by atoms with Crippen LogP contribution in [0.15, 0.2) is 24.3 Å². The maximum absolute atomic E-state index is 2.19. The van der Waals surface area contributed by atoms with E-state index in [1.54, 1.807) is 0 Å². The highest BCUT2D eigenvalue weighted by Gasteiger charge is 1.97. The van der Waals surface area contributed by atoms with E-state index in [-0.39, 0.29) is 0 Å². The van der Waals surface area contributed by atoms with Crippen LogP contribution in [-0.2, 0) is 0 Å². The molecule has 0 aliphatic carbocycles. The van der Waals surface area contributed by atoms with E-state index in [0.717, 1.165) is 0 Å². The highest BCUT2D eigenvalue weighted by molar-refractivity contribution is 7.17. The van der Waals surface area contributed by atoms with Gasteiger partial charge in [0.15, 0.2) is 0 Å². The number of benzene rings is 1. The molecular formula is C12H12S. The molecule has 0 spiro atoms. The van der Waals surface area contributed by atoms with Crippen molar-refractivity contribution in [3.05, 3.63) is 34.0 Å². The Kier molecular flexibility index (Phi) is 2.19. The fourth-order valence-corrected chi connectivity index (χ4v) is 2.72. The van der Waals surface area contributed by atoms with E-state index in [4.69, 9.17) is 0 Å². The van der Waals surface area contributed by atoms with Crippen molar-refractivity contribution in [3.8, 4) is 0 Å². The van der Waals surface area contributed by atoms with Crippen LogP contribution in [0.25, 0.3) is 22.2 Å². The highest BCUT2D eigenvalue weighted by Crippen LogP contribution is 2.11. The van der Waals surface area contributed by atoms with E-state index in [1.165, 1.54) is 19.8 Å². The van der Waals surface area contributed by atoms with Gasteiger partial charge in [-0.05, 0) is 30.5 Å². The molecular weight excluding hydrogens is 176 g/mol. The summed E-state index contributed by atoms with van der Waals surface area (Å²) in [7, 11) is 0. The van der Waals surface area contributed by atoms with Gasteiger partial charge in [-0.3, -0.25) is 0 Å². The predicted molar refractivity (Wildman–Crippen MR) is 61.4 cm³/mol. The second kappa shape index (κ2) is 3.35. The molecule has 0 aliphatic rings. The zero-order valence-electron chi connectivity index (χ0n) is 7.87. The zero-order chi connectivity index (χ0) is 9.26. The third kappa shape index (κ3) is 1.29. The first kappa shape index (κ1) is 8.52. The lowest BCUT2D eigenvalue weighted by Gasteiger charge is -1.84. The largest absolute Gasteiger partial charge is 0.136 e. The Bertz CT molecular complexity index is 532. The van der Waals surface area contributed by atoms with Crippen LogP contribution in [0.2, 0.25) is 0 Å². The van der Waals surface area contributed by atoms with Crippen LogP contribution < -0.4 is 9.75 Å². The molecule has 0 nitrogen and oxygen atoms in total. The van der Waals surface area contributed by atoms with E-state index >= 15 is 0 Å². The fraction of sp³-hybridized carbons (Fsp3) is 0.167. The molecule has 1 aromatic heterocycles. The van der Waals surface area contributed by atoms with Gasteiger partial charge in [-0.25, -0.2) is 0 Å². The quantitative estimate of drug-likeness (QED) is 0.596. The van der Waals surface area contributed by atoms with E-state index in [0.29, 0.717) is 0 Å². The van der Waals surface area contributed by atoms with Crippen molar-refractivity contribution in [2.24, 2.45) is 0 Å². The van der Waals surface area contributed by atoms with Crippen LogP contribution in [0.3, 0.4) is 0 Å². The summed E-state index contributed by atoms with van der Waals surface area (Å²) in [6.07, 6.45) is 4.37. The zero-order valence-corrected chi connectivity index (χ0v) is 8.69. The van der Waals surface area contributed by atoms with Gasteiger partial charge in [-0.15, -0.1) is 11.3 Å². The maximum atomic E-state index is 2.19. The smallest absolute Gasteiger partial charge is 0.0355 e. The lowest BCUT2D eigenvalue weighted by Crippen LogP contribution is -2.16. The van der Waals surface area contributed by atoms with Crippen molar-refractivity contribution in [2.75, 3.05) is 0 Å². The second-order valence-electron chi connectivity index (χ2n) is 2.95. The Labute approximate surface area is 81.8 Å². The van der Waals surface area contributed by atoms with Crippen LogP contribution in [0.5, 0.6) is 0 Å². The molecule has 1 heterocycles. The highest BCUT2D eigenvalue weighted by atomic mass is 32.1. The van der Waals surface area contributed by atoms with Crippen LogP contribution in [0.1, 0.15) is 13.8 Å². The van der Waals surface area contributed by atoms with Gasteiger partial charge >= 0.3 is 0 Å². The molecule has 0 unspecified atom stereocenters. The normalized spacial score (nSPS) is 14.3. The molecule has 66 valence electrons. The first-order valence-electron chi connectivity index (χ1n) is 4.47. The van der Waals surface area contributed by atoms with Gasteiger partial charge in [0.05, 0.1) is 0 Å². The first-order chi connectivity index (χ1) is 6.36. The Morgan fingerprint density at radius 2 is 1.85 bits per heavy atom. The first-order valence-corrected chi connectivity index (χ1v) is 5.28. The molecule has 0 radical (unpaired) electrons. The maximum Gasteiger partial charge on any atom is 0.0355 e. The van der Waals surface area contributed by atoms with Crippen molar-refractivity contribution in [3.63, 3.8) is 0 Å². The molecule has 0 saturated carbocycles. The van der Waals surface area contributed by atoms with Crippen LogP contribution in [0, 0.1) is 0 Å². The fourth-order valence-electron chi connectivity index (χ4n) is 1.60. The van der Waals surface area contributed by atoms with Gasteiger partial charge in [-0.2, -0.15) is 0 Å². The summed E-state index contributed by atoms with van der Waals surface area (Å²) < 4.78 is 2.76. The molecule has 0 N–H and O–H groups in total. The number of hydrogen-bond acceptors (Lipinski definition) is 1. The monoisotopic (exact) mass is 188 g/mol. The van der Waals surface area contributed by atoms with E-state index < -0.39 is 0 Å². The Morgan fingerprint density at radius 1 is 1.08 bits per heavy atom. The molecule has 0 fully saturated rings. The second-order valence-corrected chi connectivity index (χ2v) is 4.04. The predicted octanol–water partition coefficient (Wildman–Crippen LogP) is 2.50. The van der Waals surface area contributed by atoms with E-state index in [1.807, 2.05) is 11.3 Å². The third-order valence-electron chi connectivity index (χ3n) is 2.21. The molecule has 1 aromatic carbocycles. The van der Waals surface area contributed by atoms with Crippen molar-refractivity contribution >= 4 is 33.6 Å². The summed E-state index contributed by atoms with van der Waals surface area (Å²) in [5.41, 5.74) is 0. The van der Waals surface area contributed by atoms with Crippen molar-refractivity contribution < 1.29 is 0 Å².